The number of nitrogens with zero attached hydrogens (tertiary/aromatic N) is 1. The number of amides is 2. The van der Waals surface area contributed by atoms with Crippen molar-refractivity contribution < 1.29 is 28.9 Å². The van der Waals surface area contributed by atoms with Crippen LogP contribution in [-0.2, 0) is 24.1 Å². The molecule has 1 rings (SSSR count). The summed E-state index contributed by atoms with van der Waals surface area (Å²) in [6.07, 6.45) is 1.97. The molecule has 1 aliphatic heterocycles. The van der Waals surface area contributed by atoms with Crippen molar-refractivity contribution in [2.75, 3.05) is 13.2 Å². The standard InChI is InChI=1S/C12H17NO6/c1-4-12(2,3)19-18-11(16)17-8-7-13-9(14)5-6-10(13)15/h5-6H,4,7-8H2,1-3H3. The van der Waals surface area contributed by atoms with Crippen LogP contribution in [0.2, 0.25) is 0 Å². The van der Waals surface area contributed by atoms with Crippen LogP contribution in [0, 0.1) is 0 Å². The lowest BCUT2D eigenvalue weighted by Gasteiger charge is -2.20. The van der Waals surface area contributed by atoms with E-state index in [1.165, 1.54) is 0 Å². The molecule has 0 spiro atoms. The topological polar surface area (TPSA) is 82.1 Å². The molecule has 0 unspecified atom stereocenters. The van der Waals surface area contributed by atoms with E-state index in [1.807, 2.05) is 6.92 Å². The van der Waals surface area contributed by atoms with Crippen molar-refractivity contribution in [3.8, 4) is 0 Å². The second kappa shape index (κ2) is 6.33. The van der Waals surface area contributed by atoms with Crippen molar-refractivity contribution in [2.24, 2.45) is 0 Å². The molecule has 19 heavy (non-hydrogen) atoms. The molecule has 0 fully saturated rings. The summed E-state index contributed by atoms with van der Waals surface area (Å²) < 4.78 is 4.68. The lowest BCUT2D eigenvalue weighted by molar-refractivity contribution is -0.317. The fourth-order valence-corrected chi connectivity index (χ4v) is 1.10. The van der Waals surface area contributed by atoms with E-state index in [1.54, 1.807) is 13.8 Å². The fourth-order valence-electron chi connectivity index (χ4n) is 1.10. The van der Waals surface area contributed by atoms with Gasteiger partial charge < -0.3 is 4.74 Å². The zero-order chi connectivity index (χ0) is 14.5. The van der Waals surface area contributed by atoms with E-state index >= 15 is 0 Å². The van der Waals surface area contributed by atoms with Gasteiger partial charge in [-0.1, -0.05) is 6.92 Å². The Hall–Kier alpha value is -1.89. The Balaban J connectivity index is 2.21. The van der Waals surface area contributed by atoms with E-state index in [-0.39, 0.29) is 13.2 Å². The Morgan fingerprint density at radius 2 is 1.84 bits per heavy atom. The highest BCUT2D eigenvalue weighted by Gasteiger charge is 2.24. The molecule has 1 aliphatic rings. The van der Waals surface area contributed by atoms with Gasteiger partial charge in [-0.3, -0.25) is 19.4 Å². The molecule has 0 atom stereocenters. The van der Waals surface area contributed by atoms with E-state index in [9.17, 15) is 14.4 Å². The van der Waals surface area contributed by atoms with E-state index in [0.717, 1.165) is 17.1 Å². The number of hydrogen-bond acceptors (Lipinski definition) is 6. The van der Waals surface area contributed by atoms with Gasteiger partial charge in [0.1, 0.15) is 12.2 Å². The van der Waals surface area contributed by atoms with Crippen LogP contribution < -0.4 is 0 Å². The Bertz CT molecular complexity index is 383. The zero-order valence-electron chi connectivity index (χ0n) is 11.2. The normalized spacial score (nSPS) is 15.0. The van der Waals surface area contributed by atoms with Crippen LogP contribution in [0.5, 0.6) is 0 Å². The molecule has 0 saturated carbocycles. The maximum absolute atomic E-state index is 11.2. The number of rotatable bonds is 6. The third-order valence-corrected chi connectivity index (χ3v) is 2.62. The van der Waals surface area contributed by atoms with Crippen molar-refractivity contribution >= 4 is 18.0 Å². The Labute approximate surface area is 111 Å². The van der Waals surface area contributed by atoms with E-state index < -0.39 is 23.6 Å². The van der Waals surface area contributed by atoms with Gasteiger partial charge in [-0.05, 0) is 20.3 Å². The lowest BCUT2D eigenvalue weighted by atomic mass is 10.1. The summed E-state index contributed by atoms with van der Waals surface area (Å²) in [4.78, 5) is 43.8. The zero-order valence-corrected chi connectivity index (χ0v) is 11.2. The number of ether oxygens (including phenoxy) is 1. The third kappa shape index (κ3) is 4.70. The molecular weight excluding hydrogens is 254 g/mol. The maximum atomic E-state index is 11.2. The highest BCUT2D eigenvalue weighted by molar-refractivity contribution is 6.12. The molecule has 0 aromatic carbocycles. The van der Waals surface area contributed by atoms with E-state index in [2.05, 4.69) is 9.62 Å². The van der Waals surface area contributed by atoms with Gasteiger partial charge in [0, 0.05) is 12.2 Å². The smallest absolute Gasteiger partial charge is 0.430 e. The summed E-state index contributed by atoms with van der Waals surface area (Å²) in [5.74, 6) is -0.851. The summed E-state index contributed by atoms with van der Waals surface area (Å²) in [5.41, 5.74) is -0.593. The third-order valence-electron chi connectivity index (χ3n) is 2.62. The average Bonchev–Trinajstić information content (AvgIpc) is 2.68. The Kier molecular flexibility index (Phi) is 5.05. The maximum Gasteiger partial charge on any atom is 0.540 e. The van der Waals surface area contributed by atoms with Crippen LogP contribution in [0.4, 0.5) is 4.79 Å². The highest BCUT2D eigenvalue weighted by Crippen LogP contribution is 2.14. The van der Waals surface area contributed by atoms with Crippen LogP contribution in [-0.4, -0.2) is 41.6 Å². The largest absolute Gasteiger partial charge is 0.540 e. The molecule has 0 aliphatic carbocycles. The number of carbonyl (C=O) groups is 3. The van der Waals surface area contributed by atoms with E-state index in [0.29, 0.717) is 6.42 Å². The first-order chi connectivity index (χ1) is 8.85. The van der Waals surface area contributed by atoms with Crippen molar-refractivity contribution in [2.45, 2.75) is 32.8 Å². The van der Waals surface area contributed by atoms with Crippen LogP contribution in [0.3, 0.4) is 0 Å². The first kappa shape index (κ1) is 15.2. The number of hydrogen-bond donors (Lipinski definition) is 0. The van der Waals surface area contributed by atoms with Crippen LogP contribution in [0.25, 0.3) is 0 Å². The summed E-state index contributed by atoms with van der Waals surface area (Å²) in [7, 11) is 0. The summed E-state index contributed by atoms with van der Waals surface area (Å²) in [6.45, 7) is 5.23. The van der Waals surface area contributed by atoms with Crippen molar-refractivity contribution in [3.05, 3.63) is 12.2 Å². The van der Waals surface area contributed by atoms with Crippen molar-refractivity contribution in [1.82, 2.24) is 4.90 Å². The van der Waals surface area contributed by atoms with Gasteiger partial charge in [0.05, 0.1) is 6.54 Å². The molecule has 0 aromatic heterocycles. The number of carbonyl (C=O) groups excluding carboxylic acids is 3. The second-order valence-corrected chi connectivity index (χ2v) is 4.54. The molecule has 0 aromatic rings. The van der Waals surface area contributed by atoms with Crippen molar-refractivity contribution in [3.63, 3.8) is 0 Å². The highest BCUT2D eigenvalue weighted by atomic mass is 17.2. The second-order valence-electron chi connectivity index (χ2n) is 4.54. The van der Waals surface area contributed by atoms with Gasteiger partial charge in [-0.2, -0.15) is 4.89 Å². The minimum Gasteiger partial charge on any atom is -0.430 e. The molecule has 0 N–H and O–H groups in total. The van der Waals surface area contributed by atoms with Crippen LogP contribution in [0.1, 0.15) is 27.2 Å². The molecule has 2 amide bonds. The lowest BCUT2D eigenvalue weighted by Crippen LogP contribution is -2.34. The monoisotopic (exact) mass is 271 g/mol. The summed E-state index contributed by atoms with van der Waals surface area (Å²) >= 11 is 0. The molecule has 0 radical (unpaired) electrons. The summed E-state index contributed by atoms with van der Waals surface area (Å²) in [6, 6.07) is 0. The van der Waals surface area contributed by atoms with E-state index in [4.69, 9.17) is 4.89 Å². The predicted molar refractivity (Wildman–Crippen MR) is 63.7 cm³/mol. The quantitative estimate of drug-likeness (QED) is 0.312. The van der Waals surface area contributed by atoms with Gasteiger partial charge in [-0.25, -0.2) is 4.79 Å². The van der Waals surface area contributed by atoms with Gasteiger partial charge >= 0.3 is 6.16 Å². The SMILES string of the molecule is CCC(C)(C)OOC(=O)OCCN1C(=O)C=CC1=O. The molecule has 7 nitrogen and oxygen atoms in total. The minimum absolute atomic E-state index is 0.0169. The summed E-state index contributed by atoms with van der Waals surface area (Å²) in [5, 5.41) is 0. The minimum atomic E-state index is -1.01. The molecule has 0 saturated heterocycles. The molecule has 0 bridgehead atoms. The number of imide groups is 1. The molecule has 106 valence electrons. The van der Waals surface area contributed by atoms with Gasteiger partial charge in [0.15, 0.2) is 0 Å². The van der Waals surface area contributed by atoms with Crippen LogP contribution in [0.15, 0.2) is 12.2 Å². The predicted octanol–water partition coefficient (Wildman–Crippen LogP) is 1.18. The Morgan fingerprint density at radius 1 is 1.26 bits per heavy atom. The Morgan fingerprint density at radius 3 is 2.37 bits per heavy atom. The van der Waals surface area contributed by atoms with Crippen LogP contribution >= 0.6 is 0 Å². The van der Waals surface area contributed by atoms with Gasteiger partial charge in [-0.15, -0.1) is 0 Å². The first-order valence-corrected chi connectivity index (χ1v) is 5.91. The first-order valence-electron chi connectivity index (χ1n) is 5.91. The molecule has 1 heterocycles. The van der Waals surface area contributed by atoms with Gasteiger partial charge in [0.2, 0.25) is 0 Å². The van der Waals surface area contributed by atoms with Gasteiger partial charge in [0.25, 0.3) is 11.8 Å². The fraction of sp³-hybridized carbons (Fsp3) is 0.583. The van der Waals surface area contributed by atoms with Crippen molar-refractivity contribution in [1.29, 1.82) is 0 Å². The molecular formula is C12H17NO6. The average molecular weight is 271 g/mol. The molecule has 7 heteroatoms.